The molecule has 3 atom stereocenters. The van der Waals surface area contributed by atoms with Crippen LogP contribution < -0.4 is 5.32 Å². The number of carbonyl (C=O) groups excluding carboxylic acids is 1. The van der Waals surface area contributed by atoms with Crippen LogP contribution in [0.4, 0.5) is 8.78 Å². The lowest BCUT2D eigenvalue weighted by molar-refractivity contribution is -0.103. The summed E-state index contributed by atoms with van der Waals surface area (Å²) in [7, 11) is 0. The van der Waals surface area contributed by atoms with Gasteiger partial charge in [-0.1, -0.05) is 35.8 Å². The fourth-order valence-corrected chi connectivity index (χ4v) is 6.96. The summed E-state index contributed by atoms with van der Waals surface area (Å²) in [6.07, 6.45) is 4.16. The predicted octanol–water partition coefficient (Wildman–Crippen LogP) is 6.29. The minimum atomic E-state index is -0.716. The SMILES string of the molecule is CC1(C)C2CCC(CNC(=O)c3nn(-c4ccc(F)cc4F)c4c3Cc3cc(Br)ccc3-4)C1C2. The summed E-state index contributed by atoms with van der Waals surface area (Å²) in [6.45, 7) is 5.33. The van der Waals surface area contributed by atoms with Crippen LogP contribution in [0.15, 0.2) is 40.9 Å². The molecule has 3 aromatic rings. The Labute approximate surface area is 205 Å². The molecule has 2 bridgehead atoms. The molecule has 3 saturated carbocycles. The molecule has 1 aromatic heterocycles. The molecule has 4 nitrogen and oxygen atoms in total. The first kappa shape index (κ1) is 22.0. The number of hydrogen-bond acceptors (Lipinski definition) is 2. The number of nitrogens with one attached hydrogen (secondary N) is 1. The smallest absolute Gasteiger partial charge is 0.272 e. The second-order valence-corrected chi connectivity index (χ2v) is 11.5. The summed E-state index contributed by atoms with van der Waals surface area (Å²) in [5.74, 6) is 0.329. The third-order valence-corrected chi connectivity index (χ3v) is 9.05. The molecule has 176 valence electrons. The van der Waals surface area contributed by atoms with Gasteiger partial charge >= 0.3 is 0 Å². The number of benzene rings is 2. The average molecular weight is 526 g/mol. The molecule has 0 aliphatic heterocycles. The molecule has 1 N–H and O–H groups in total. The van der Waals surface area contributed by atoms with Crippen molar-refractivity contribution in [3.63, 3.8) is 0 Å². The number of hydrogen-bond donors (Lipinski definition) is 1. The molecule has 1 heterocycles. The lowest BCUT2D eigenvalue weighted by atomic mass is 9.45. The van der Waals surface area contributed by atoms with E-state index >= 15 is 0 Å². The van der Waals surface area contributed by atoms with Crippen LogP contribution in [0.3, 0.4) is 0 Å². The van der Waals surface area contributed by atoms with Crippen molar-refractivity contribution in [2.45, 2.75) is 39.5 Å². The number of fused-ring (bicyclic) bond motifs is 5. The van der Waals surface area contributed by atoms with Gasteiger partial charge in [0.15, 0.2) is 11.5 Å². The summed E-state index contributed by atoms with van der Waals surface area (Å²) >= 11 is 3.51. The Morgan fingerprint density at radius 3 is 2.76 bits per heavy atom. The van der Waals surface area contributed by atoms with Gasteiger partial charge in [-0.25, -0.2) is 13.5 Å². The summed E-state index contributed by atoms with van der Waals surface area (Å²) < 4.78 is 30.7. The third kappa shape index (κ3) is 3.27. The minimum absolute atomic E-state index is 0.127. The predicted molar refractivity (Wildman–Crippen MR) is 130 cm³/mol. The first-order valence-corrected chi connectivity index (χ1v) is 12.7. The molecule has 4 aliphatic rings. The quantitative estimate of drug-likeness (QED) is 0.340. The van der Waals surface area contributed by atoms with Gasteiger partial charge in [0.05, 0.1) is 5.69 Å². The van der Waals surface area contributed by atoms with Crippen LogP contribution in [0.25, 0.3) is 16.9 Å². The van der Waals surface area contributed by atoms with E-state index in [9.17, 15) is 13.6 Å². The third-order valence-electron chi connectivity index (χ3n) is 8.55. The van der Waals surface area contributed by atoms with Gasteiger partial charge in [-0.2, -0.15) is 5.10 Å². The first-order valence-electron chi connectivity index (χ1n) is 11.9. The molecule has 0 radical (unpaired) electrons. The van der Waals surface area contributed by atoms with E-state index in [1.54, 1.807) is 0 Å². The van der Waals surface area contributed by atoms with E-state index in [1.807, 2.05) is 18.2 Å². The van der Waals surface area contributed by atoms with Crippen LogP contribution >= 0.6 is 15.9 Å². The highest BCUT2D eigenvalue weighted by Crippen LogP contribution is 2.61. The molecule has 3 fully saturated rings. The fraction of sp³-hybridized carbons (Fsp3) is 0.407. The highest BCUT2D eigenvalue weighted by Gasteiger charge is 2.54. The van der Waals surface area contributed by atoms with E-state index in [-0.39, 0.29) is 11.6 Å². The zero-order valence-electron chi connectivity index (χ0n) is 19.2. The van der Waals surface area contributed by atoms with Gasteiger partial charge in [0, 0.05) is 34.6 Å². The van der Waals surface area contributed by atoms with Crippen molar-refractivity contribution in [1.82, 2.24) is 15.1 Å². The highest BCUT2D eigenvalue weighted by atomic mass is 79.9. The molecule has 3 unspecified atom stereocenters. The van der Waals surface area contributed by atoms with Gasteiger partial charge in [-0.15, -0.1) is 0 Å². The molecule has 7 rings (SSSR count). The van der Waals surface area contributed by atoms with Crippen molar-refractivity contribution in [1.29, 1.82) is 0 Å². The summed E-state index contributed by atoms with van der Waals surface area (Å²) in [5.41, 5.74) is 4.21. The zero-order chi connectivity index (χ0) is 23.8. The maximum Gasteiger partial charge on any atom is 0.272 e. The topological polar surface area (TPSA) is 46.9 Å². The molecular weight excluding hydrogens is 500 g/mol. The number of rotatable bonds is 4. The molecular formula is C27H26BrF2N3O. The Hall–Kier alpha value is -2.54. The van der Waals surface area contributed by atoms with Crippen molar-refractivity contribution in [2.75, 3.05) is 6.54 Å². The Kier molecular flexibility index (Phi) is 5.00. The first-order chi connectivity index (χ1) is 16.2. The molecule has 2 aromatic carbocycles. The van der Waals surface area contributed by atoms with Crippen molar-refractivity contribution in [3.05, 3.63) is 69.3 Å². The lowest BCUT2D eigenvalue weighted by Crippen LogP contribution is -2.54. The minimum Gasteiger partial charge on any atom is -0.350 e. The summed E-state index contributed by atoms with van der Waals surface area (Å²) in [5, 5.41) is 7.71. The zero-order valence-corrected chi connectivity index (χ0v) is 20.8. The van der Waals surface area contributed by atoms with Gasteiger partial charge in [0.1, 0.15) is 11.5 Å². The molecule has 34 heavy (non-hydrogen) atoms. The standard InChI is InChI=1S/C27H26BrF2N3O/c1-27(2)16-4-3-14(21(27)11-16)13-31-26(34)24-20-10-15-9-17(28)5-7-19(15)25(20)33(32-24)23-8-6-18(29)12-22(23)30/h5-9,12,14,16,21H,3-4,10-11,13H2,1-2H3,(H,31,34). The monoisotopic (exact) mass is 525 g/mol. The van der Waals surface area contributed by atoms with Crippen molar-refractivity contribution in [2.24, 2.45) is 23.2 Å². The Bertz CT molecular complexity index is 1330. The molecule has 0 saturated heterocycles. The van der Waals surface area contributed by atoms with E-state index in [2.05, 4.69) is 40.2 Å². The highest BCUT2D eigenvalue weighted by molar-refractivity contribution is 9.10. The Balaban J connectivity index is 1.35. The van der Waals surface area contributed by atoms with E-state index in [0.717, 1.165) is 39.6 Å². The number of nitrogens with zero attached hydrogens (tertiary/aromatic N) is 2. The maximum absolute atomic E-state index is 14.8. The number of carbonyl (C=O) groups is 1. The Morgan fingerprint density at radius 1 is 1.21 bits per heavy atom. The van der Waals surface area contributed by atoms with Crippen LogP contribution in [0.5, 0.6) is 0 Å². The largest absolute Gasteiger partial charge is 0.350 e. The van der Waals surface area contributed by atoms with Gasteiger partial charge in [0.2, 0.25) is 0 Å². The van der Waals surface area contributed by atoms with Crippen LogP contribution in [0, 0.1) is 34.8 Å². The van der Waals surface area contributed by atoms with Gasteiger partial charge < -0.3 is 5.32 Å². The van der Waals surface area contributed by atoms with Crippen molar-refractivity contribution >= 4 is 21.8 Å². The number of aromatic nitrogens is 2. The van der Waals surface area contributed by atoms with Crippen molar-refractivity contribution in [3.8, 4) is 16.9 Å². The second-order valence-electron chi connectivity index (χ2n) is 10.6. The number of halogens is 3. The molecule has 1 amide bonds. The molecule has 4 aliphatic carbocycles. The average Bonchev–Trinajstić information content (AvgIpc) is 3.34. The van der Waals surface area contributed by atoms with Crippen LogP contribution in [0.2, 0.25) is 0 Å². The van der Waals surface area contributed by atoms with Crippen LogP contribution in [-0.4, -0.2) is 22.2 Å². The second kappa shape index (κ2) is 7.74. The number of amides is 1. The van der Waals surface area contributed by atoms with Crippen LogP contribution in [-0.2, 0) is 6.42 Å². The molecule has 0 spiro atoms. The summed E-state index contributed by atoms with van der Waals surface area (Å²) in [4.78, 5) is 13.4. The normalized spacial score (nSPS) is 23.7. The van der Waals surface area contributed by atoms with Gasteiger partial charge in [0.25, 0.3) is 5.91 Å². The maximum atomic E-state index is 14.8. The summed E-state index contributed by atoms with van der Waals surface area (Å²) in [6, 6.07) is 9.30. The van der Waals surface area contributed by atoms with E-state index in [4.69, 9.17) is 0 Å². The van der Waals surface area contributed by atoms with Crippen LogP contribution in [0.1, 0.15) is 54.7 Å². The van der Waals surface area contributed by atoms with Gasteiger partial charge in [-0.05, 0) is 72.3 Å². The Morgan fingerprint density at radius 2 is 2.03 bits per heavy atom. The van der Waals surface area contributed by atoms with E-state index in [0.29, 0.717) is 41.6 Å². The van der Waals surface area contributed by atoms with Gasteiger partial charge in [-0.3, -0.25) is 4.79 Å². The van der Waals surface area contributed by atoms with E-state index < -0.39 is 11.6 Å². The van der Waals surface area contributed by atoms with Crippen molar-refractivity contribution < 1.29 is 13.6 Å². The van der Waals surface area contributed by atoms with E-state index in [1.165, 1.54) is 29.7 Å². The molecule has 7 heteroatoms. The fourth-order valence-electron chi connectivity index (χ4n) is 6.55. The lowest BCUT2D eigenvalue weighted by Gasteiger charge is -2.60.